The van der Waals surface area contributed by atoms with E-state index >= 15 is 0 Å². The molecule has 0 bridgehead atoms. The van der Waals surface area contributed by atoms with Crippen LogP contribution < -0.4 is 16.4 Å². The molecule has 18 rings (SSSR count). The van der Waals surface area contributed by atoms with Crippen molar-refractivity contribution in [2.24, 2.45) is 21.7 Å². The van der Waals surface area contributed by atoms with Gasteiger partial charge in [0, 0.05) is 43.8 Å². The molecule has 0 atom stereocenters. The molecule has 4 fully saturated rings. The Morgan fingerprint density at radius 3 is 1.30 bits per heavy atom. The lowest BCUT2D eigenvalue weighted by molar-refractivity contribution is 0.224. The molecule has 5 aliphatic carbocycles. The van der Waals surface area contributed by atoms with E-state index < -0.39 is 5.41 Å². The van der Waals surface area contributed by atoms with Crippen molar-refractivity contribution in [3.63, 3.8) is 0 Å². The number of nitrogens with zero attached hydrogens (tertiary/aromatic N) is 2. The number of aromatic nitrogens is 2. The second-order valence-corrected chi connectivity index (χ2v) is 31.9. The van der Waals surface area contributed by atoms with Crippen molar-refractivity contribution in [1.82, 2.24) is 9.13 Å². The Morgan fingerprint density at radius 2 is 0.774 bits per heavy atom. The van der Waals surface area contributed by atoms with Crippen LogP contribution in [0.1, 0.15) is 226 Å². The molecule has 1 spiro atoms. The first kappa shape index (κ1) is 50.7. The molecule has 420 valence electrons. The fraction of sp³-hybridized carbons (Fsp3) is 0.407. The number of hydrogen-bond donors (Lipinski definition) is 0. The zero-order chi connectivity index (χ0) is 56.6. The third kappa shape index (κ3) is 6.99. The van der Waals surface area contributed by atoms with Gasteiger partial charge < -0.3 is 9.13 Å². The molecule has 5 heterocycles. The van der Waals surface area contributed by atoms with Gasteiger partial charge in [0.25, 0.3) is 6.71 Å². The van der Waals surface area contributed by atoms with Crippen LogP contribution in [0.15, 0.2) is 140 Å². The molecule has 0 radical (unpaired) electrons. The van der Waals surface area contributed by atoms with Crippen LogP contribution in [-0.2, 0) is 5.41 Å². The van der Waals surface area contributed by atoms with E-state index in [0.29, 0.717) is 45.3 Å². The second kappa shape index (κ2) is 17.3. The maximum atomic E-state index is 2.93. The zero-order valence-corrected chi connectivity index (χ0v) is 51.4. The lowest BCUT2D eigenvalue weighted by atomic mass is 9.33. The lowest BCUT2D eigenvalue weighted by Crippen LogP contribution is -2.61. The highest BCUT2D eigenvalue weighted by Crippen LogP contribution is 2.63. The van der Waals surface area contributed by atoms with Gasteiger partial charge in [-0.3, -0.25) is 0 Å². The van der Waals surface area contributed by atoms with Crippen molar-refractivity contribution in [3.8, 4) is 33.6 Å². The summed E-state index contributed by atoms with van der Waals surface area (Å²) >= 11 is 0. The Morgan fingerprint density at radius 1 is 0.345 bits per heavy atom. The van der Waals surface area contributed by atoms with Gasteiger partial charge in [-0.15, -0.1) is 0 Å². The second-order valence-electron chi connectivity index (χ2n) is 31.9. The van der Waals surface area contributed by atoms with Crippen molar-refractivity contribution >= 4 is 66.7 Å². The summed E-state index contributed by atoms with van der Waals surface area (Å²) in [5, 5.41) is 5.92. The summed E-state index contributed by atoms with van der Waals surface area (Å²) in [4.78, 5) is 0. The van der Waals surface area contributed by atoms with Gasteiger partial charge in [-0.05, 0) is 262 Å². The van der Waals surface area contributed by atoms with Crippen LogP contribution in [-0.4, -0.2) is 15.8 Å². The van der Waals surface area contributed by atoms with Gasteiger partial charge in [-0.1, -0.05) is 159 Å². The van der Waals surface area contributed by atoms with Gasteiger partial charge in [0.15, 0.2) is 0 Å². The normalized spacial score (nSPS) is 21.5. The van der Waals surface area contributed by atoms with E-state index in [-0.39, 0.29) is 6.71 Å². The van der Waals surface area contributed by atoms with E-state index in [4.69, 9.17) is 0 Å². The van der Waals surface area contributed by atoms with Crippen LogP contribution in [0, 0.1) is 21.7 Å². The lowest BCUT2D eigenvalue weighted by Gasteiger charge is -2.45. The molecule has 0 amide bonds. The number of hydrogen-bond acceptors (Lipinski definition) is 0. The van der Waals surface area contributed by atoms with Crippen LogP contribution in [0.3, 0.4) is 0 Å². The molecular weight excluding hydrogens is 1010 g/mol. The molecule has 0 saturated heterocycles. The third-order valence-corrected chi connectivity index (χ3v) is 24.7. The standard InChI is InChI=1S/C81H83BN2/c1-77(2)32-24-48(25-33-77)53-22-23-70-60(40-53)61-42-55(50-28-36-79(5,6)37-29-50)45-68-73(61)83(70)75-59(52-16-10-9-11-17-52)47-67-76-71(75)82(68)69-46-56(51-30-38-80(7,8)39-31-51)43-63-62-41-54(49-26-34-78(3,4)35-27-49)44-66(72(62)84(76)74(63)69)81(67)64-20-14-12-18-57(64)58-19-13-15-21-65(58)81/h9-23,40-51H,24-39H2,1-8H3. The van der Waals surface area contributed by atoms with Crippen molar-refractivity contribution < 1.29 is 0 Å². The average molecular weight is 1100 g/mol. The van der Waals surface area contributed by atoms with Crippen LogP contribution in [0.2, 0.25) is 0 Å². The van der Waals surface area contributed by atoms with Crippen molar-refractivity contribution in [3.05, 3.63) is 184 Å². The smallest absolute Gasteiger partial charge is 0.252 e. The molecule has 10 aromatic rings. The SMILES string of the molecule is CC1(C)CCC(c2ccc3c(c2)c2cc(C4CCC(C)(C)CC4)cc4c2n3-c2c(-c3ccccc3)cc3c5c2B4c2cc(C4CCC(C)(C)CC4)cc4c6cc(C7CCC(C)(C)CC7)cc(c6n-5c24)C32c3ccccc3-c3ccccc32)CC1. The Kier molecular flexibility index (Phi) is 10.5. The minimum absolute atomic E-state index is 0.0431. The number of fused-ring (bicyclic) bond motifs is 14. The number of rotatable bonds is 5. The number of benzene rings is 8. The summed E-state index contributed by atoms with van der Waals surface area (Å²) in [6.07, 6.45) is 20.3. The van der Waals surface area contributed by atoms with Gasteiger partial charge in [0.1, 0.15) is 0 Å². The van der Waals surface area contributed by atoms with Crippen molar-refractivity contribution in [2.75, 3.05) is 0 Å². The Bertz CT molecular complexity index is 4410. The first-order chi connectivity index (χ1) is 40.5. The molecule has 0 unspecified atom stereocenters. The summed E-state index contributed by atoms with van der Waals surface area (Å²) in [5.41, 5.74) is 31.8. The van der Waals surface area contributed by atoms with Crippen LogP contribution in [0.5, 0.6) is 0 Å². The fourth-order valence-electron chi connectivity index (χ4n) is 19.6. The molecule has 84 heavy (non-hydrogen) atoms. The molecule has 2 aromatic heterocycles. The average Bonchev–Trinajstić information content (AvgIpc) is 1.39. The summed E-state index contributed by atoms with van der Waals surface area (Å²) < 4.78 is 5.78. The highest BCUT2D eigenvalue weighted by Gasteiger charge is 2.55. The van der Waals surface area contributed by atoms with E-state index in [1.54, 1.807) is 33.2 Å². The maximum Gasteiger partial charge on any atom is 0.252 e. The van der Waals surface area contributed by atoms with Gasteiger partial charge in [0.05, 0.1) is 22.1 Å². The predicted octanol–water partition coefficient (Wildman–Crippen LogP) is 20.1. The molecular formula is C81H83BN2. The zero-order valence-electron chi connectivity index (χ0n) is 51.4. The van der Waals surface area contributed by atoms with Crippen LogP contribution in [0.25, 0.3) is 77.2 Å². The summed E-state index contributed by atoms with van der Waals surface area (Å²) in [6, 6.07) is 58.4. The third-order valence-electron chi connectivity index (χ3n) is 24.7. The Balaban J connectivity index is 1.03. The molecule has 8 aliphatic rings. The minimum atomic E-state index is -0.554. The molecule has 3 aliphatic heterocycles. The van der Waals surface area contributed by atoms with E-state index in [2.05, 4.69) is 204 Å². The maximum absolute atomic E-state index is 2.93. The summed E-state index contributed by atoms with van der Waals surface area (Å²) in [5.74, 6) is 2.19. The molecule has 3 heteroatoms. The summed E-state index contributed by atoms with van der Waals surface area (Å²) in [6.45, 7) is 20.2. The first-order valence-corrected chi connectivity index (χ1v) is 33.3. The highest BCUT2D eigenvalue weighted by atomic mass is 15.1. The largest absolute Gasteiger partial charge is 0.310 e. The summed E-state index contributed by atoms with van der Waals surface area (Å²) in [7, 11) is 0. The van der Waals surface area contributed by atoms with Gasteiger partial charge in [-0.2, -0.15) is 0 Å². The van der Waals surface area contributed by atoms with Gasteiger partial charge in [0.2, 0.25) is 0 Å². The molecule has 0 N–H and O–H groups in total. The van der Waals surface area contributed by atoms with E-state index in [1.807, 2.05) is 0 Å². The van der Waals surface area contributed by atoms with E-state index in [9.17, 15) is 0 Å². The first-order valence-electron chi connectivity index (χ1n) is 33.3. The van der Waals surface area contributed by atoms with Crippen molar-refractivity contribution in [2.45, 2.75) is 187 Å². The van der Waals surface area contributed by atoms with Crippen molar-refractivity contribution in [1.29, 1.82) is 0 Å². The Hall–Kier alpha value is -6.58. The van der Waals surface area contributed by atoms with E-state index in [0.717, 1.165) is 0 Å². The van der Waals surface area contributed by atoms with E-state index in [1.165, 1.54) is 208 Å². The minimum Gasteiger partial charge on any atom is -0.310 e. The topological polar surface area (TPSA) is 9.86 Å². The fourth-order valence-corrected chi connectivity index (χ4v) is 19.6. The predicted molar refractivity (Wildman–Crippen MR) is 356 cm³/mol. The highest BCUT2D eigenvalue weighted by molar-refractivity contribution is 7.00. The Labute approximate surface area is 499 Å². The van der Waals surface area contributed by atoms with Crippen LogP contribution in [0.4, 0.5) is 0 Å². The van der Waals surface area contributed by atoms with Gasteiger partial charge in [-0.25, -0.2) is 0 Å². The monoisotopic (exact) mass is 1090 g/mol. The van der Waals surface area contributed by atoms with Crippen LogP contribution >= 0.6 is 0 Å². The molecule has 2 nitrogen and oxygen atoms in total. The van der Waals surface area contributed by atoms with Gasteiger partial charge >= 0.3 is 0 Å². The quantitative estimate of drug-likeness (QED) is 0.152. The molecule has 4 saturated carbocycles. The molecule has 8 aromatic carbocycles.